The molecule has 24 heavy (non-hydrogen) atoms. The lowest BCUT2D eigenvalue weighted by Crippen LogP contribution is -2.31. The second-order valence-corrected chi connectivity index (χ2v) is 6.13. The molecule has 0 saturated carbocycles. The molecule has 0 amide bonds. The molecular weight excluding hydrogens is 306 g/mol. The Hall–Kier alpha value is -2.40. The van der Waals surface area contributed by atoms with Crippen LogP contribution in [-0.2, 0) is 12.8 Å². The van der Waals surface area contributed by atoms with Crippen LogP contribution in [0.4, 0.5) is 0 Å². The first kappa shape index (κ1) is 16.5. The Morgan fingerprint density at radius 2 is 1.71 bits per heavy atom. The number of aromatic hydroxyl groups is 2. The van der Waals surface area contributed by atoms with Gasteiger partial charge in [-0.3, -0.25) is 0 Å². The summed E-state index contributed by atoms with van der Waals surface area (Å²) in [4.78, 5) is 0. The van der Waals surface area contributed by atoms with E-state index in [0.717, 1.165) is 36.1 Å². The van der Waals surface area contributed by atoms with Crippen LogP contribution in [0.5, 0.6) is 23.0 Å². The summed E-state index contributed by atoms with van der Waals surface area (Å²) < 4.78 is 10.4. The summed E-state index contributed by atoms with van der Waals surface area (Å²) in [5, 5.41) is 23.7. The van der Waals surface area contributed by atoms with Gasteiger partial charge in [0.1, 0.15) is 0 Å². The van der Waals surface area contributed by atoms with Gasteiger partial charge in [0.2, 0.25) is 0 Å². The Morgan fingerprint density at radius 3 is 2.42 bits per heavy atom. The highest BCUT2D eigenvalue weighted by Gasteiger charge is 2.23. The van der Waals surface area contributed by atoms with Crippen molar-refractivity contribution in [3.05, 3.63) is 46.5 Å². The van der Waals surface area contributed by atoms with E-state index < -0.39 is 0 Å². The predicted molar refractivity (Wildman–Crippen MR) is 92.2 cm³/mol. The van der Waals surface area contributed by atoms with Crippen LogP contribution in [-0.4, -0.2) is 31.0 Å². The zero-order valence-electron chi connectivity index (χ0n) is 14.2. The van der Waals surface area contributed by atoms with Gasteiger partial charge in [0.25, 0.3) is 0 Å². The Kier molecular flexibility index (Phi) is 4.53. The summed E-state index contributed by atoms with van der Waals surface area (Å²) in [6, 6.07) is 7.38. The third kappa shape index (κ3) is 2.99. The summed E-state index contributed by atoms with van der Waals surface area (Å²) in [5.41, 5.74) is 4.38. The first-order valence-electron chi connectivity index (χ1n) is 8.03. The summed E-state index contributed by atoms with van der Waals surface area (Å²) >= 11 is 0. The molecule has 2 aromatic carbocycles. The maximum atomic E-state index is 10.1. The quantitative estimate of drug-likeness (QED) is 0.804. The number of rotatable bonds is 4. The highest BCUT2D eigenvalue weighted by molar-refractivity contribution is 5.50. The normalized spacial score (nSPS) is 16.5. The van der Waals surface area contributed by atoms with Crippen molar-refractivity contribution in [3.8, 4) is 23.0 Å². The minimum Gasteiger partial charge on any atom is -0.504 e. The highest BCUT2D eigenvalue weighted by Crippen LogP contribution is 2.37. The number of hydrogen-bond acceptors (Lipinski definition) is 5. The maximum absolute atomic E-state index is 10.1. The number of methoxy groups -OCH3 is 2. The molecule has 2 aromatic rings. The standard InChI is InChI=1S/C19H23NO4/c1-11-6-18(23-2)16(21)8-13(11)7-15-14-10-17(22)19(24-3)9-12(14)4-5-20-15/h6,8-10,15,20-22H,4-5,7H2,1-3H3. The van der Waals surface area contributed by atoms with Crippen LogP contribution in [0.2, 0.25) is 0 Å². The van der Waals surface area contributed by atoms with Crippen LogP contribution in [0, 0.1) is 6.92 Å². The van der Waals surface area contributed by atoms with Crippen LogP contribution in [0.3, 0.4) is 0 Å². The smallest absolute Gasteiger partial charge is 0.160 e. The van der Waals surface area contributed by atoms with E-state index in [0.29, 0.717) is 11.5 Å². The average molecular weight is 329 g/mol. The van der Waals surface area contributed by atoms with Crippen LogP contribution < -0.4 is 14.8 Å². The molecule has 1 atom stereocenters. The van der Waals surface area contributed by atoms with E-state index in [4.69, 9.17) is 9.47 Å². The maximum Gasteiger partial charge on any atom is 0.160 e. The van der Waals surface area contributed by atoms with Crippen LogP contribution >= 0.6 is 0 Å². The molecule has 1 heterocycles. The molecule has 3 rings (SSSR count). The third-order valence-corrected chi connectivity index (χ3v) is 4.66. The molecule has 1 aliphatic rings. The van der Waals surface area contributed by atoms with E-state index in [2.05, 4.69) is 5.32 Å². The fraction of sp³-hybridized carbons (Fsp3) is 0.368. The van der Waals surface area contributed by atoms with E-state index in [1.165, 1.54) is 5.56 Å². The zero-order chi connectivity index (χ0) is 17.3. The van der Waals surface area contributed by atoms with Crippen molar-refractivity contribution in [1.29, 1.82) is 0 Å². The van der Waals surface area contributed by atoms with Gasteiger partial charge in [-0.25, -0.2) is 0 Å². The monoisotopic (exact) mass is 329 g/mol. The van der Waals surface area contributed by atoms with Gasteiger partial charge in [0.05, 0.1) is 14.2 Å². The molecule has 128 valence electrons. The minimum atomic E-state index is 0.0806. The topological polar surface area (TPSA) is 71.0 Å². The molecule has 5 heteroatoms. The fourth-order valence-electron chi connectivity index (χ4n) is 3.32. The molecule has 0 aliphatic carbocycles. The van der Waals surface area contributed by atoms with Crippen molar-refractivity contribution in [1.82, 2.24) is 5.32 Å². The second kappa shape index (κ2) is 6.61. The van der Waals surface area contributed by atoms with Gasteiger partial charge in [-0.05, 0) is 72.8 Å². The zero-order valence-corrected chi connectivity index (χ0v) is 14.2. The van der Waals surface area contributed by atoms with Gasteiger partial charge in [0, 0.05) is 6.04 Å². The van der Waals surface area contributed by atoms with E-state index in [1.54, 1.807) is 26.4 Å². The predicted octanol–water partition coefficient (Wildman–Crippen LogP) is 2.85. The fourth-order valence-corrected chi connectivity index (χ4v) is 3.32. The van der Waals surface area contributed by atoms with Gasteiger partial charge in [0.15, 0.2) is 23.0 Å². The van der Waals surface area contributed by atoms with Crippen molar-refractivity contribution in [3.63, 3.8) is 0 Å². The molecule has 0 radical (unpaired) electrons. The molecule has 3 N–H and O–H groups in total. The van der Waals surface area contributed by atoms with E-state index >= 15 is 0 Å². The minimum absolute atomic E-state index is 0.0806. The number of phenolic OH excluding ortho intramolecular Hbond substituents is 2. The lowest BCUT2D eigenvalue weighted by molar-refractivity contribution is 0.369. The van der Waals surface area contributed by atoms with Gasteiger partial charge < -0.3 is 25.0 Å². The van der Waals surface area contributed by atoms with Gasteiger partial charge in [-0.2, -0.15) is 0 Å². The summed E-state index contributed by atoms with van der Waals surface area (Å²) in [6.45, 7) is 2.87. The van der Waals surface area contributed by atoms with Crippen molar-refractivity contribution >= 4 is 0 Å². The van der Waals surface area contributed by atoms with E-state index in [9.17, 15) is 10.2 Å². The highest BCUT2D eigenvalue weighted by atomic mass is 16.5. The van der Waals surface area contributed by atoms with Crippen molar-refractivity contribution in [2.45, 2.75) is 25.8 Å². The SMILES string of the molecule is COc1cc(C)c(CC2NCCc3cc(OC)c(O)cc32)cc1O. The first-order chi connectivity index (χ1) is 11.5. The Balaban J connectivity index is 1.93. The molecule has 0 saturated heterocycles. The molecule has 1 unspecified atom stereocenters. The number of hydrogen-bond donors (Lipinski definition) is 3. The molecular formula is C19H23NO4. The van der Waals surface area contributed by atoms with Crippen LogP contribution in [0.1, 0.15) is 28.3 Å². The van der Waals surface area contributed by atoms with Gasteiger partial charge in [-0.15, -0.1) is 0 Å². The van der Waals surface area contributed by atoms with Crippen molar-refractivity contribution in [2.24, 2.45) is 0 Å². The Labute approximate surface area is 141 Å². The van der Waals surface area contributed by atoms with E-state index in [-0.39, 0.29) is 17.5 Å². The summed E-state index contributed by atoms with van der Waals surface area (Å²) in [5.74, 6) is 1.29. The lowest BCUT2D eigenvalue weighted by atomic mass is 9.88. The Bertz CT molecular complexity index is 758. The number of ether oxygens (including phenoxy) is 2. The average Bonchev–Trinajstić information content (AvgIpc) is 2.57. The number of aryl methyl sites for hydroxylation is 1. The second-order valence-electron chi connectivity index (χ2n) is 6.13. The molecule has 5 nitrogen and oxygen atoms in total. The molecule has 0 spiro atoms. The lowest BCUT2D eigenvalue weighted by Gasteiger charge is -2.28. The largest absolute Gasteiger partial charge is 0.504 e. The molecule has 0 aromatic heterocycles. The number of nitrogens with one attached hydrogen (secondary N) is 1. The van der Waals surface area contributed by atoms with E-state index in [1.807, 2.05) is 19.1 Å². The van der Waals surface area contributed by atoms with Gasteiger partial charge >= 0.3 is 0 Å². The summed E-state index contributed by atoms with van der Waals surface area (Å²) in [7, 11) is 3.10. The molecule has 1 aliphatic heterocycles. The Morgan fingerprint density at radius 1 is 1.04 bits per heavy atom. The molecule has 0 fully saturated rings. The van der Waals surface area contributed by atoms with Crippen LogP contribution in [0.25, 0.3) is 0 Å². The number of benzene rings is 2. The number of phenols is 2. The third-order valence-electron chi connectivity index (χ3n) is 4.66. The summed E-state index contributed by atoms with van der Waals surface area (Å²) in [6.07, 6.45) is 1.62. The molecule has 0 bridgehead atoms. The number of fused-ring (bicyclic) bond motifs is 1. The first-order valence-corrected chi connectivity index (χ1v) is 8.03. The van der Waals surface area contributed by atoms with Crippen molar-refractivity contribution < 1.29 is 19.7 Å². The van der Waals surface area contributed by atoms with Gasteiger partial charge in [-0.1, -0.05) is 0 Å². The van der Waals surface area contributed by atoms with Crippen molar-refractivity contribution in [2.75, 3.05) is 20.8 Å². The van der Waals surface area contributed by atoms with Crippen LogP contribution in [0.15, 0.2) is 24.3 Å².